The van der Waals surface area contributed by atoms with Crippen molar-refractivity contribution in [2.45, 2.75) is 20.0 Å². The van der Waals surface area contributed by atoms with Crippen LogP contribution in [0, 0.1) is 16.0 Å². The second-order valence-electron chi connectivity index (χ2n) is 7.08. The monoisotopic (exact) mass is 412 g/mol. The average Bonchev–Trinajstić information content (AvgIpc) is 2.83. The number of ether oxygens (including phenoxy) is 2. The third-order valence-electron chi connectivity index (χ3n) is 4.73. The number of fused-ring (bicyclic) bond motifs is 1. The third-order valence-corrected chi connectivity index (χ3v) is 4.73. The number of nitro groups is 1. The first-order valence-electron chi connectivity index (χ1n) is 9.21. The van der Waals surface area contributed by atoms with Gasteiger partial charge in [-0.05, 0) is 30.2 Å². The molecule has 0 radical (unpaired) electrons. The van der Waals surface area contributed by atoms with Crippen molar-refractivity contribution in [1.82, 2.24) is 4.90 Å². The summed E-state index contributed by atoms with van der Waals surface area (Å²) in [7, 11) is 1.28. The number of hydrogen-bond acceptors (Lipinski definition) is 7. The summed E-state index contributed by atoms with van der Waals surface area (Å²) in [6.07, 6.45) is -0.949. The van der Waals surface area contributed by atoms with Gasteiger partial charge >= 0.3 is 5.69 Å². The fraction of sp³-hybridized carbons (Fsp3) is 0.286. The molecule has 0 aromatic heterocycles. The van der Waals surface area contributed by atoms with Crippen LogP contribution in [-0.4, -0.2) is 47.2 Å². The molecule has 0 fully saturated rings. The SMILES string of the molecule is COc1ccc(C(=O)CN2C(=O)c3ccccc3O[C@@H](C(C)C)C2=O)cc1[N+](=O)[O-]. The summed E-state index contributed by atoms with van der Waals surface area (Å²) in [6, 6.07) is 10.1. The number of benzene rings is 2. The lowest BCUT2D eigenvalue weighted by molar-refractivity contribution is -0.385. The molecule has 1 atom stereocenters. The number of carbonyl (C=O) groups excluding carboxylic acids is 3. The zero-order valence-electron chi connectivity index (χ0n) is 16.7. The zero-order valence-corrected chi connectivity index (χ0v) is 16.7. The van der Waals surface area contributed by atoms with Crippen LogP contribution >= 0.6 is 0 Å². The van der Waals surface area contributed by atoms with Crippen LogP contribution in [0.25, 0.3) is 0 Å². The van der Waals surface area contributed by atoms with E-state index in [0.29, 0.717) is 0 Å². The second-order valence-corrected chi connectivity index (χ2v) is 7.08. The minimum atomic E-state index is -0.949. The van der Waals surface area contributed by atoms with Gasteiger partial charge in [-0.2, -0.15) is 0 Å². The van der Waals surface area contributed by atoms with Crippen molar-refractivity contribution >= 4 is 23.3 Å². The number of carbonyl (C=O) groups is 3. The highest BCUT2D eigenvalue weighted by molar-refractivity contribution is 6.12. The highest BCUT2D eigenvalue weighted by atomic mass is 16.6. The molecule has 9 nitrogen and oxygen atoms in total. The molecule has 0 bridgehead atoms. The van der Waals surface area contributed by atoms with Crippen LogP contribution in [0.15, 0.2) is 42.5 Å². The number of nitrogens with zero attached hydrogens (tertiary/aromatic N) is 2. The van der Waals surface area contributed by atoms with Gasteiger partial charge in [-0.25, -0.2) is 0 Å². The Labute approximate surface area is 172 Å². The van der Waals surface area contributed by atoms with Crippen molar-refractivity contribution < 1.29 is 28.8 Å². The predicted molar refractivity (Wildman–Crippen MR) is 106 cm³/mol. The van der Waals surface area contributed by atoms with Gasteiger partial charge in [0.15, 0.2) is 17.6 Å². The molecule has 1 aliphatic rings. The molecule has 1 heterocycles. The van der Waals surface area contributed by atoms with E-state index in [1.54, 1.807) is 32.0 Å². The smallest absolute Gasteiger partial charge is 0.311 e. The van der Waals surface area contributed by atoms with Crippen LogP contribution in [0.1, 0.15) is 34.6 Å². The summed E-state index contributed by atoms with van der Waals surface area (Å²) in [5.41, 5.74) is -0.226. The highest BCUT2D eigenvalue weighted by Crippen LogP contribution is 2.30. The Hall–Kier alpha value is -3.75. The maximum Gasteiger partial charge on any atom is 0.311 e. The highest BCUT2D eigenvalue weighted by Gasteiger charge is 2.39. The normalized spacial score (nSPS) is 16.0. The summed E-state index contributed by atoms with van der Waals surface area (Å²) < 4.78 is 10.7. The molecule has 2 amide bonds. The van der Waals surface area contributed by atoms with E-state index in [4.69, 9.17) is 9.47 Å². The van der Waals surface area contributed by atoms with Gasteiger partial charge < -0.3 is 9.47 Å². The fourth-order valence-electron chi connectivity index (χ4n) is 3.14. The van der Waals surface area contributed by atoms with Crippen molar-refractivity contribution in [3.05, 3.63) is 63.7 Å². The number of methoxy groups -OCH3 is 1. The summed E-state index contributed by atoms with van der Waals surface area (Å²) in [5, 5.41) is 11.2. The van der Waals surface area contributed by atoms with E-state index in [0.717, 1.165) is 11.0 Å². The quantitative estimate of drug-likeness (QED) is 0.310. The van der Waals surface area contributed by atoms with Crippen LogP contribution < -0.4 is 9.47 Å². The molecule has 0 N–H and O–H groups in total. The van der Waals surface area contributed by atoms with Crippen molar-refractivity contribution in [3.8, 4) is 11.5 Å². The lowest BCUT2D eigenvalue weighted by Crippen LogP contribution is -2.47. The Kier molecular flexibility index (Phi) is 5.81. The summed E-state index contributed by atoms with van der Waals surface area (Å²) in [5.74, 6) is -1.90. The summed E-state index contributed by atoms with van der Waals surface area (Å²) >= 11 is 0. The number of hydrogen-bond donors (Lipinski definition) is 0. The topological polar surface area (TPSA) is 116 Å². The summed E-state index contributed by atoms with van der Waals surface area (Å²) in [6.45, 7) is 2.98. The van der Waals surface area contributed by atoms with Gasteiger partial charge in [0.1, 0.15) is 5.75 Å². The first-order chi connectivity index (χ1) is 14.2. The number of Topliss-reactive ketones (excluding diaryl/α,β-unsaturated/α-hetero) is 1. The Balaban J connectivity index is 1.97. The minimum Gasteiger partial charge on any atom is -0.490 e. The predicted octanol–water partition coefficient (Wildman–Crippen LogP) is 2.87. The molecular weight excluding hydrogens is 392 g/mol. The van der Waals surface area contributed by atoms with E-state index in [1.807, 2.05) is 0 Å². The first-order valence-corrected chi connectivity index (χ1v) is 9.21. The Morgan fingerprint density at radius 1 is 1.23 bits per heavy atom. The molecule has 156 valence electrons. The van der Waals surface area contributed by atoms with E-state index < -0.39 is 35.2 Å². The maximum absolute atomic E-state index is 13.0. The molecule has 0 unspecified atom stereocenters. The van der Waals surface area contributed by atoms with Crippen molar-refractivity contribution in [2.24, 2.45) is 5.92 Å². The van der Waals surface area contributed by atoms with E-state index in [-0.39, 0.29) is 34.2 Å². The van der Waals surface area contributed by atoms with Crippen LogP contribution in [0.3, 0.4) is 0 Å². The molecular formula is C21H20N2O7. The van der Waals surface area contributed by atoms with Crippen molar-refractivity contribution in [3.63, 3.8) is 0 Å². The maximum atomic E-state index is 13.0. The lowest BCUT2D eigenvalue weighted by atomic mass is 10.0. The van der Waals surface area contributed by atoms with E-state index >= 15 is 0 Å². The van der Waals surface area contributed by atoms with E-state index in [2.05, 4.69) is 0 Å². The molecule has 0 spiro atoms. The molecule has 9 heteroatoms. The lowest BCUT2D eigenvalue weighted by Gasteiger charge is -2.24. The number of ketones is 1. The van der Waals surface area contributed by atoms with Gasteiger partial charge in [0.25, 0.3) is 11.8 Å². The van der Waals surface area contributed by atoms with Gasteiger partial charge in [0, 0.05) is 11.6 Å². The van der Waals surface area contributed by atoms with E-state index in [9.17, 15) is 24.5 Å². The number of rotatable bonds is 6. The summed E-state index contributed by atoms with van der Waals surface area (Å²) in [4.78, 5) is 50.2. The standard InChI is InChI=1S/C21H20N2O7/c1-12(2)19-21(26)22(20(25)14-6-4-5-7-17(14)30-19)11-16(24)13-8-9-18(29-3)15(10-13)23(27)28/h4-10,12,19H,11H2,1-3H3/t19-/m0/s1. The van der Waals surface area contributed by atoms with Crippen LogP contribution in [0.5, 0.6) is 11.5 Å². The van der Waals surface area contributed by atoms with Crippen LogP contribution in [0.4, 0.5) is 5.69 Å². The second kappa shape index (κ2) is 8.32. The van der Waals surface area contributed by atoms with Gasteiger partial charge in [0.05, 0.1) is 24.1 Å². The van der Waals surface area contributed by atoms with Crippen LogP contribution in [-0.2, 0) is 4.79 Å². The molecule has 0 saturated heterocycles. The number of imide groups is 1. The first kappa shape index (κ1) is 21.0. The molecule has 3 rings (SSSR count). The van der Waals surface area contributed by atoms with E-state index in [1.165, 1.54) is 25.3 Å². The average molecular weight is 412 g/mol. The van der Waals surface area contributed by atoms with Gasteiger partial charge in [-0.3, -0.25) is 29.4 Å². The number of amides is 2. The minimum absolute atomic E-state index is 0.000624. The molecule has 0 saturated carbocycles. The molecule has 0 aliphatic carbocycles. The number of nitro benzene ring substituents is 1. The van der Waals surface area contributed by atoms with Crippen molar-refractivity contribution in [2.75, 3.05) is 13.7 Å². The molecule has 30 heavy (non-hydrogen) atoms. The van der Waals surface area contributed by atoms with Crippen molar-refractivity contribution in [1.29, 1.82) is 0 Å². The largest absolute Gasteiger partial charge is 0.490 e. The molecule has 1 aliphatic heterocycles. The number of para-hydroxylation sites is 1. The molecule has 2 aromatic rings. The van der Waals surface area contributed by atoms with Gasteiger partial charge in [0.2, 0.25) is 0 Å². The fourth-order valence-corrected chi connectivity index (χ4v) is 3.14. The zero-order chi connectivity index (χ0) is 22.0. The molecule has 2 aromatic carbocycles. The third kappa shape index (κ3) is 3.86. The Morgan fingerprint density at radius 3 is 2.57 bits per heavy atom. The Bertz CT molecular complexity index is 1030. The Morgan fingerprint density at radius 2 is 1.93 bits per heavy atom. The van der Waals surface area contributed by atoms with Crippen LogP contribution in [0.2, 0.25) is 0 Å². The van der Waals surface area contributed by atoms with Gasteiger partial charge in [-0.1, -0.05) is 26.0 Å². The van der Waals surface area contributed by atoms with Gasteiger partial charge in [-0.15, -0.1) is 0 Å².